The van der Waals surface area contributed by atoms with Crippen LogP contribution in [-0.2, 0) is 13.1 Å². The van der Waals surface area contributed by atoms with Crippen LogP contribution in [0.15, 0.2) is 36.7 Å². The number of hydrogen-bond acceptors (Lipinski definition) is 4. The molecule has 0 aliphatic heterocycles. The molecule has 0 aliphatic rings. The van der Waals surface area contributed by atoms with Crippen LogP contribution in [0.25, 0.3) is 0 Å². The Balaban J connectivity index is 1.93. The zero-order valence-corrected chi connectivity index (χ0v) is 11.6. The van der Waals surface area contributed by atoms with Crippen LogP contribution in [-0.4, -0.2) is 20.7 Å². The molecule has 1 aromatic carbocycles. The Labute approximate surface area is 117 Å². The van der Waals surface area contributed by atoms with E-state index in [1.54, 1.807) is 25.3 Å². The summed E-state index contributed by atoms with van der Waals surface area (Å²) in [5.74, 6) is 0. The molecule has 2 rings (SSSR count). The third-order valence-corrected chi connectivity index (χ3v) is 3.15. The van der Waals surface area contributed by atoms with E-state index in [4.69, 9.17) is 0 Å². The van der Waals surface area contributed by atoms with Gasteiger partial charge in [-0.15, -0.1) is 0 Å². The molecule has 0 saturated carbocycles. The van der Waals surface area contributed by atoms with Crippen molar-refractivity contribution in [2.24, 2.45) is 0 Å². The summed E-state index contributed by atoms with van der Waals surface area (Å²) < 4.78 is 1.86. The van der Waals surface area contributed by atoms with Crippen LogP contribution in [0.4, 0.5) is 5.69 Å². The number of aryl methyl sites for hydroxylation is 1. The second-order valence-electron chi connectivity index (χ2n) is 4.89. The number of hydrogen-bond donors (Lipinski definition) is 1. The first-order chi connectivity index (χ1) is 9.56. The minimum Gasteiger partial charge on any atom is -0.308 e. The molecule has 2 aromatic rings. The van der Waals surface area contributed by atoms with Gasteiger partial charge < -0.3 is 5.32 Å². The number of nitrogens with one attached hydrogen (secondary N) is 1. The second kappa shape index (κ2) is 6.29. The third kappa shape index (κ3) is 3.64. The normalized spacial score (nSPS) is 12.3. The number of nitro groups is 1. The van der Waals surface area contributed by atoms with Crippen LogP contribution in [0.2, 0.25) is 0 Å². The Hall–Kier alpha value is -2.21. The molecule has 0 spiro atoms. The third-order valence-electron chi connectivity index (χ3n) is 3.15. The molecule has 1 heterocycles. The van der Waals surface area contributed by atoms with Gasteiger partial charge in [-0.1, -0.05) is 12.1 Å². The summed E-state index contributed by atoms with van der Waals surface area (Å²) in [4.78, 5) is 10.6. The summed E-state index contributed by atoms with van der Waals surface area (Å²) in [6, 6.07) is 7.44. The van der Waals surface area contributed by atoms with Gasteiger partial charge >= 0.3 is 0 Å². The van der Waals surface area contributed by atoms with Gasteiger partial charge in [-0.3, -0.25) is 14.8 Å². The van der Waals surface area contributed by atoms with Gasteiger partial charge in [0.15, 0.2) is 0 Å². The Morgan fingerprint density at radius 2 is 2.30 bits per heavy atom. The molecule has 106 valence electrons. The van der Waals surface area contributed by atoms with Gasteiger partial charge in [0, 0.05) is 36.6 Å². The van der Waals surface area contributed by atoms with E-state index in [0.717, 1.165) is 12.1 Å². The molecule has 1 atom stereocenters. The van der Waals surface area contributed by atoms with Gasteiger partial charge in [0.2, 0.25) is 0 Å². The largest absolute Gasteiger partial charge is 0.308 e. The maximum atomic E-state index is 10.9. The Morgan fingerprint density at radius 3 is 2.95 bits per heavy atom. The zero-order valence-electron chi connectivity index (χ0n) is 11.6. The lowest BCUT2D eigenvalue weighted by molar-refractivity contribution is -0.385. The summed E-state index contributed by atoms with van der Waals surface area (Å²) in [5.41, 5.74) is 1.77. The van der Waals surface area contributed by atoms with E-state index < -0.39 is 0 Å². The van der Waals surface area contributed by atoms with E-state index in [2.05, 4.69) is 17.3 Å². The molecular formula is C14H18N4O2. The van der Waals surface area contributed by atoms with Crippen molar-refractivity contribution in [3.63, 3.8) is 0 Å². The summed E-state index contributed by atoms with van der Waals surface area (Å²) in [7, 11) is 0. The fourth-order valence-corrected chi connectivity index (χ4v) is 2.01. The quantitative estimate of drug-likeness (QED) is 0.648. The van der Waals surface area contributed by atoms with Gasteiger partial charge in [-0.2, -0.15) is 5.10 Å². The Kier molecular flexibility index (Phi) is 4.47. The van der Waals surface area contributed by atoms with Crippen molar-refractivity contribution >= 4 is 5.69 Å². The molecule has 0 fully saturated rings. The molecule has 0 radical (unpaired) electrons. The number of nitrogens with zero attached hydrogens (tertiary/aromatic N) is 3. The zero-order chi connectivity index (χ0) is 14.5. The van der Waals surface area contributed by atoms with Crippen molar-refractivity contribution < 1.29 is 4.92 Å². The fourth-order valence-electron chi connectivity index (χ4n) is 2.01. The highest BCUT2D eigenvalue weighted by molar-refractivity contribution is 5.42. The van der Waals surface area contributed by atoms with Crippen LogP contribution in [0.1, 0.15) is 18.1 Å². The topological polar surface area (TPSA) is 73.0 Å². The van der Waals surface area contributed by atoms with E-state index in [0.29, 0.717) is 12.1 Å². The van der Waals surface area contributed by atoms with E-state index in [-0.39, 0.29) is 16.7 Å². The van der Waals surface area contributed by atoms with Crippen molar-refractivity contribution in [2.45, 2.75) is 33.0 Å². The van der Waals surface area contributed by atoms with E-state index in [1.165, 1.54) is 0 Å². The van der Waals surface area contributed by atoms with Crippen molar-refractivity contribution in [2.75, 3.05) is 0 Å². The van der Waals surface area contributed by atoms with Gasteiger partial charge in [0.25, 0.3) is 5.69 Å². The summed E-state index contributed by atoms with van der Waals surface area (Å²) >= 11 is 0. The molecule has 6 heteroatoms. The molecule has 0 saturated heterocycles. The number of aromatic nitrogens is 2. The average Bonchev–Trinajstić information content (AvgIpc) is 2.90. The highest BCUT2D eigenvalue weighted by Gasteiger charge is 2.11. The summed E-state index contributed by atoms with van der Waals surface area (Å²) in [6.07, 6.45) is 3.66. The van der Waals surface area contributed by atoms with Crippen molar-refractivity contribution in [1.29, 1.82) is 0 Å². The van der Waals surface area contributed by atoms with Crippen LogP contribution in [0.5, 0.6) is 0 Å². The molecule has 1 N–H and O–H groups in total. The Morgan fingerprint density at radius 1 is 1.50 bits per heavy atom. The van der Waals surface area contributed by atoms with Gasteiger partial charge in [-0.25, -0.2) is 0 Å². The van der Waals surface area contributed by atoms with Crippen LogP contribution >= 0.6 is 0 Å². The van der Waals surface area contributed by atoms with Crippen LogP contribution in [0.3, 0.4) is 0 Å². The van der Waals surface area contributed by atoms with Crippen LogP contribution in [0, 0.1) is 17.0 Å². The molecule has 0 aliphatic carbocycles. The fraction of sp³-hybridized carbons (Fsp3) is 0.357. The summed E-state index contributed by atoms with van der Waals surface area (Å²) in [5, 5.41) is 18.4. The van der Waals surface area contributed by atoms with E-state index >= 15 is 0 Å². The highest BCUT2D eigenvalue weighted by Crippen LogP contribution is 2.19. The maximum Gasteiger partial charge on any atom is 0.272 e. The smallest absolute Gasteiger partial charge is 0.272 e. The first-order valence-corrected chi connectivity index (χ1v) is 6.51. The first-order valence-electron chi connectivity index (χ1n) is 6.51. The van der Waals surface area contributed by atoms with Gasteiger partial charge in [-0.05, 0) is 25.5 Å². The molecule has 0 amide bonds. The molecular weight excluding hydrogens is 256 g/mol. The maximum absolute atomic E-state index is 10.9. The number of benzene rings is 1. The van der Waals surface area contributed by atoms with Crippen molar-refractivity contribution in [1.82, 2.24) is 15.1 Å². The minimum atomic E-state index is -0.341. The molecule has 20 heavy (non-hydrogen) atoms. The number of rotatable bonds is 6. The number of nitro benzene ring substituents is 1. The highest BCUT2D eigenvalue weighted by atomic mass is 16.6. The van der Waals surface area contributed by atoms with Crippen molar-refractivity contribution in [3.8, 4) is 0 Å². The lowest BCUT2D eigenvalue weighted by Crippen LogP contribution is -2.30. The van der Waals surface area contributed by atoms with E-state index in [1.807, 2.05) is 23.0 Å². The molecule has 1 aromatic heterocycles. The minimum absolute atomic E-state index is 0.170. The van der Waals surface area contributed by atoms with Gasteiger partial charge in [0.05, 0.1) is 11.5 Å². The SMILES string of the molecule is Cc1ccc(CNC(C)Cn2cccn2)cc1[N+](=O)[O-]. The van der Waals surface area contributed by atoms with Gasteiger partial charge in [0.1, 0.15) is 0 Å². The monoisotopic (exact) mass is 274 g/mol. The Bertz CT molecular complexity index is 581. The molecule has 6 nitrogen and oxygen atoms in total. The lowest BCUT2D eigenvalue weighted by Gasteiger charge is -2.14. The predicted molar refractivity (Wildman–Crippen MR) is 76.4 cm³/mol. The molecule has 0 bridgehead atoms. The summed E-state index contributed by atoms with van der Waals surface area (Å²) in [6.45, 7) is 5.17. The first kappa shape index (κ1) is 14.2. The van der Waals surface area contributed by atoms with E-state index in [9.17, 15) is 10.1 Å². The van der Waals surface area contributed by atoms with Crippen molar-refractivity contribution in [3.05, 3.63) is 57.9 Å². The second-order valence-corrected chi connectivity index (χ2v) is 4.89. The molecule has 1 unspecified atom stereocenters. The average molecular weight is 274 g/mol. The predicted octanol–water partition coefficient (Wildman–Crippen LogP) is 2.28. The lowest BCUT2D eigenvalue weighted by atomic mass is 10.1. The van der Waals surface area contributed by atoms with Crippen LogP contribution < -0.4 is 5.32 Å². The standard InChI is InChI=1S/C14H18N4O2/c1-11-4-5-13(8-14(11)18(19)20)9-15-12(2)10-17-7-3-6-16-17/h3-8,12,15H,9-10H2,1-2H3.